The van der Waals surface area contributed by atoms with Crippen molar-refractivity contribution in [1.82, 2.24) is 9.97 Å². The molecule has 0 saturated heterocycles. The van der Waals surface area contributed by atoms with E-state index in [0.29, 0.717) is 22.9 Å². The number of aliphatic hydroxyl groups is 1. The first-order chi connectivity index (χ1) is 15.8. The summed E-state index contributed by atoms with van der Waals surface area (Å²) in [7, 11) is 1.37. The Morgan fingerprint density at radius 1 is 1.12 bits per heavy atom. The Morgan fingerprint density at radius 3 is 2.32 bits per heavy atom. The number of anilines is 3. The monoisotopic (exact) mass is 497 g/mol. The van der Waals surface area contributed by atoms with E-state index in [1.165, 1.54) is 6.20 Å². The smallest absolute Gasteiger partial charge is 0.288 e. The third-order valence-corrected chi connectivity index (χ3v) is 8.71. The number of nitrogens with one attached hydrogen (secondary N) is 2. The molecule has 1 aromatic heterocycles. The minimum atomic E-state index is -3.75. The number of rotatable bonds is 8. The fraction of sp³-hybridized carbons (Fsp3) is 0.304. The van der Waals surface area contributed by atoms with Crippen molar-refractivity contribution >= 4 is 51.5 Å². The topological polar surface area (TPSA) is 117 Å². The fourth-order valence-corrected chi connectivity index (χ4v) is 5.63. The van der Waals surface area contributed by atoms with Crippen molar-refractivity contribution in [2.45, 2.75) is 49.1 Å². The summed E-state index contributed by atoms with van der Waals surface area (Å²) in [5.41, 5.74) is 1.10. The summed E-state index contributed by atoms with van der Waals surface area (Å²) in [6, 6.07) is 13.6. The van der Waals surface area contributed by atoms with Gasteiger partial charge in [0.25, 0.3) is 10.0 Å². The first kappa shape index (κ1) is 25.9. The number of hydrogen-bond donors (Lipinski definition) is 3. The molecule has 2 radical (unpaired) electrons. The molecule has 1 heterocycles. The molecule has 11 heteroatoms. The predicted octanol–water partition coefficient (Wildman–Crippen LogP) is 3.07. The molecule has 1 unspecified atom stereocenters. The van der Waals surface area contributed by atoms with Crippen molar-refractivity contribution in [3.63, 3.8) is 0 Å². The maximum atomic E-state index is 12.6. The van der Waals surface area contributed by atoms with Crippen LogP contribution >= 0.6 is 0 Å². The van der Waals surface area contributed by atoms with Crippen molar-refractivity contribution in [1.29, 1.82) is 0 Å². The molecule has 3 rings (SSSR count). The molecule has 0 aliphatic carbocycles. The molecule has 0 fully saturated rings. The predicted molar refractivity (Wildman–Crippen MR) is 139 cm³/mol. The van der Waals surface area contributed by atoms with Gasteiger partial charge in [-0.2, -0.15) is 13.4 Å². The quantitative estimate of drug-likeness (QED) is 0.410. The van der Waals surface area contributed by atoms with Crippen LogP contribution in [0.25, 0.3) is 0 Å². The average Bonchev–Trinajstić information content (AvgIpc) is 2.76. The van der Waals surface area contributed by atoms with Gasteiger partial charge in [0.15, 0.2) is 0 Å². The average molecular weight is 497 g/mol. The summed E-state index contributed by atoms with van der Waals surface area (Å²) in [5, 5.41) is 16.4. The Labute approximate surface area is 204 Å². The van der Waals surface area contributed by atoms with Gasteiger partial charge in [0.2, 0.25) is 5.95 Å². The second kappa shape index (κ2) is 10.2. The fourth-order valence-electron chi connectivity index (χ4n) is 2.76. The summed E-state index contributed by atoms with van der Waals surface area (Å²) in [6.45, 7) is 7.13. The normalized spacial score (nSPS) is 13.9. The molecule has 3 N–H and O–H groups in total. The number of nitrogens with zero attached hydrogens (tertiary/aromatic N) is 3. The van der Waals surface area contributed by atoms with Crippen LogP contribution in [0.4, 0.5) is 17.5 Å². The molecule has 0 aliphatic rings. The summed E-state index contributed by atoms with van der Waals surface area (Å²) >= 11 is 0. The minimum absolute atomic E-state index is 0.180. The summed E-state index contributed by atoms with van der Waals surface area (Å²) < 4.78 is 29.3. The van der Waals surface area contributed by atoms with Gasteiger partial charge >= 0.3 is 0 Å². The highest BCUT2D eigenvalue weighted by Crippen LogP contribution is 2.20. The third-order valence-electron chi connectivity index (χ3n) is 5.21. The Kier molecular flexibility index (Phi) is 7.79. The maximum absolute atomic E-state index is 12.6. The highest BCUT2D eigenvalue weighted by atomic mass is 32.3. The van der Waals surface area contributed by atoms with Gasteiger partial charge in [-0.05, 0) is 75.8 Å². The largest absolute Gasteiger partial charge is 0.388 e. The summed E-state index contributed by atoms with van der Waals surface area (Å²) in [6.07, 6.45) is 3.25. The van der Waals surface area contributed by atoms with Crippen LogP contribution in [0.1, 0.15) is 26.3 Å². The van der Waals surface area contributed by atoms with Crippen LogP contribution in [-0.2, 0) is 20.7 Å². The molecule has 8 nitrogen and oxygen atoms in total. The second-order valence-electron chi connectivity index (χ2n) is 8.51. The van der Waals surface area contributed by atoms with E-state index < -0.39 is 26.3 Å². The summed E-state index contributed by atoms with van der Waals surface area (Å²) in [4.78, 5) is 9.56. The van der Waals surface area contributed by atoms with E-state index in [9.17, 15) is 13.5 Å². The molecule has 178 valence electrons. The molecule has 34 heavy (non-hydrogen) atoms. The van der Waals surface area contributed by atoms with Gasteiger partial charge < -0.3 is 15.7 Å². The lowest BCUT2D eigenvalue weighted by molar-refractivity contribution is 0.0648. The van der Waals surface area contributed by atoms with Gasteiger partial charge in [-0.3, -0.25) is 0 Å². The maximum Gasteiger partial charge on any atom is 0.288 e. The summed E-state index contributed by atoms with van der Waals surface area (Å²) in [5.74, 6) is 0.744. The lowest BCUT2D eigenvalue weighted by Crippen LogP contribution is -2.40. The van der Waals surface area contributed by atoms with E-state index in [-0.39, 0.29) is 10.9 Å². The van der Waals surface area contributed by atoms with Crippen molar-refractivity contribution in [2.24, 2.45) is 3.77 Å². The number of aryl methyl sites for hydroxylation is 1. The van der Waals surface area contributed by atoms with Gasteiger partial charge in [0, 0.05) is 16.8 Å². The van der Waals surface area contributed by atoms with Gasteiger partial charge in [0.1, 0.15) is 13.7 Å². The molecule has 0 amide bonds. The van der Waals surface area contributed by atoms with Gasteiger partial charge in [-0.15, -0.1) is 3.77 Å². The number of benzene rings is 2. The van der Waals surface area contributed by atoms with Gasteiger partial charge in [-0.1, -0.05) is 28.4 Å². The van der Waals surface area contributed by atoms with Crippen LogP contribution in [0.2, 0.25) is 0 Å². The molecule has 2 atom stereocenters. The van der Waals surface area contributed by atoms with Crippen molar-refractivity contribution < 1.29 is 13.5 Å². The Morgan fingerprint density at radius 2 is 1.74 bits per heavy atom. The lowest BCUT2D eigenvalue weighted by atomic mass is 9.96. The Balaban J connectivity index is 1.75. The molecular weight excluding hydrogens is 469 g/mol. The second-order valence-corrected chi connectivity index (χ2v) is 12.0. The molecule has 0 aliphatic heterocycles. The highest BCUT2D eigenvalue weighted by Gasteiger charge is 2.23. The number of sulfonamides is 1. The van der Waals surface area contributed by atoms with Crippen LogP contribution in [0.3, 0.4) is 0 Å². The van der Waals surface area contributed by atoms with Gasteiger partial charge in [0.05, 0.1) is 16.5 Å². The van der Waals surface area contributed by atoms with E-state index in [1.807, 2.05) is 26.0 Å². The standard InChI is InChI=1S/C23H28BN5O3S2/c1-15-6-12-19(13-7-15)34(31,32)29-33(5)18-10-8-17(9-11-18)27-22-25-14-20(24)21(28-22)26-16(2)23(3,4)30/h6-14,16,30H,1-5H3,(H2,25,26,27,28)/t16-,33?/m1/s1. The zero-order valence-electron chi connectivity index (χ0n) is 19.8. The molecule has 3 aromatic rings. The van der Waals surface area contributed by atoms with Crippen LogP contribution < -0.4 is 16.1 Å². The van der Waals surface area contributed by atoms with Crippen LogP contribution in [0.15, 0.2) is 68.3 Å². The highest BCUT2D eigenvalue weighted by molar-refractivity contribution is 7.99. The number of hydrogen-bond acceptors (Lipinski definition) is 7. The van der Waals surface area contributed by atoms with E-state index >= 15 is 0 Å². The van der Waals surface area contributed by atoms with Crippen molar-refractivity contribution in [2.75, 3.05) is 16.9 Å². The zero-order valence-corrected chi connectivity index (χ0v) is 21.4. The third kappa shape index (κ3) is 6.65. The van der Waals surface area contributed by atoms with E-state index in [2.05, 4.69) is 24.4 Å². The molecule has 0 bridgehead atoms. The molecular formula is C23H28BN5O3S2. The number of aromatic nitrogens is 2. The first-order valence-electron chi connectivity index (χ1n) is 10.5. The lowest BCUT2D eigenvalue weighted by Gasteiger charge is -2.27. The molecule has 2 aromatic carbocycles. The Hall–Kier alpha value is -2.76. The van der Waals surface area contributed by atoms with Crippen molar-refractivity contribution in [3.05, 3.63) is 60.3 Å². The van der Waals surface area contributed by atoms with Crippen LogP contribution in [-0.4, -0.2) is 49.2 Å². The molecule has 0 saturated carbocycles. The minimum Gasteiger partial charge on any atom is -0.388 e. The van der Waals surface area contributed by atoms with E-state index in [4.69, 9.17) is 7.85 Å². The van der Waals surface area contributed by atoms with Gasteiger partial charge in [-0.25, -0.2) is 4.98 Å². The van der Waals surface area contributed by atoms with E-state index in [0.717, 1.165) is 10.5 Å². The molecule has 0 spiro atoms. The zero-order chi connectivity index (χ0) is 25.1. The van der Waals surface area contributed by atoms with E-state index in [1.54, 1.807) is 56.5 Å². The Bertz CT molecular complexity index is 1290. The first-order valence-corrected chi connectivity index (χ1v) is 13.6. The SMILES string of the molecule is [B]c1cnc(Nc2ccc(S(C)=NS(=O)(=O)c3ccc(C)cc3)cc2)nc1N[C@H](C)C(C)(C)O. The van der Waals surface area contributed by atoms with Crippen molar-refractivity contribution in [3.8, 4) is 0 Å². The van der Waals surface area contributed by atoms with Crippen LogP contribution in [0, 0.1) is 6.92 Å². The van der Waals surface area contributed by atoms with Crippen LogP contribution in [0.5, 0.6) is 0 Å².